The molecule has 0 unspecified atom stereocenters. The number of hydrogen-bond acceptors (Lipinski definition) is 3. The van der Waals surface area contributed by atoms with Crippen molar-refractivity contribution < 1.29 is 17.6 Å². The molecule has 0 aliphatic carbocycles. The van der Waals surface area contributed by atoms with Gasteiger partial charge in [0.1, 0.15) is 5.82 Å². The van der Waals surface area contributed by atoms with Crippen LogP contribution in [0.1, 0.15) is 27.0 Å². The minimum atomic E-state index is -3.88. The van der Waals surface area contributed by atoms with E-state index >= 15 is 0 Å². The Kier molecular flexibility index (Phi) is 5.70. The van der Waals surface area contributed by atoms with E-state index in [0.717, 1.165) is 5.56 Å². The Hall–Kier alpha value is -3.19. The molecule has 7 heteroatoms. The van der Waals surface area contributed by atoms with E-state index in [2.05, 4.69) is 10.0 Å². The third-order valence-corrected chi connectivity index (χ3v) is 5.89. The molecule has 3 rings (SSSR count). The van der Waals surface area contributed by atoms with Crippen LogP contribution in [0.2, 0.25) is 0 Å². The van der Waals surface area contributed by atoms with E-state index < -0.39 is 21.7 Å². The molecule has 0 aliphatic heterocycles. The molecule has 5 nitrogen and oxygen atoms in total. The van der Waals surface area contributed by atoms with Crippen molar-refractivity contribution in [2.45, 2.75) is 25.7 Å². The number of amides is 1. The van der Waals surface area contributed by atoms with Crippen LogP contribution in [-0.4, -0.2) is 14.3 Å². The van der Waals surface area contributed by atoms with E-state index in [9.17, 15) is 17.6 Å². The monoisotopic (exact) mass is 412 g/mol. The smallest absolute Gasteiger partial charge is 0.261 e. The van der Waals surface area contributed by atoms with Crippen LogP contribution in [0.4, 0.5) is 15.8 Å². The predicted molar refractivity (Wildman–Crippen MR) is 112 cm³/mol. The second kappa shape index (κ2) is 8.05. The molecule has 0 saturated heterocycles. The fraction of sp³-hybridized carbons (Fsp3) is 0.136. The molecule has 0 spiro atoms. The molecule has 0 radical (unpaired) electrons. The number of benzene rings is 3. The van der Waals surface area contributed by atoms with Gasteiger partial charge in [-0.05, 0) is 68.3 Å². The van der Waals surface area contributed by atoms with Gasteiger partial charge in [0.25, 0.3) is 15.9 Å². The number of halogens is 1. The number of carbonyl (C=O) groups is 1. The summed E-state index contributed by atoms with van der Waals surface area (Å²) in [4.78, 5) is 12.7. The molecule has 0 aromatic heterocycles. The summed E-state index contributed by atoms with van der Waals surface area (Å²) < 4.78 is 41.5. The summed E-state index contributed by atoms with van der Waals surface area (Å²) in [6.07, 6.45) is 0. The molecule has 0 bridgehead atoms. The van der Waals surface area contributed by atoms with Crippen LogP contribution in [0, 0.1) is 26.6 Å². The van der Waals surface area contributed by atoms with Gasteiger partial charge in [0, 0.05) is 16.9 Å². The SMILES string of the molecule is Cc1ccc(NS(=O)(=O)c2ccc(C)c(C(=O)Nc3cc(F)ccc3C)c2)cc1. The fourth-order valence-electron chi connectivity index (χ4n) is 2.77. The Morgan fingerprint density at radius 2 is 1.52 bits per heavy atom. The van der Waals surface area contributed by atoms with E-state index in [0.29, 0.717) is 22.5 Å². The van der Waals surface area contributed by atoms with E-state index in [1.54, 1.807) is 50.2 Å². The van der Waals surface area contributed by atoms with E-state index in [1.165, 1.54) is 24.3 Å². The largest absolute Gasteiger partial charge is 0.322 e. The lowest BCUT2D eigenvalue weighted by Crippen LogP contribution is -2.17. The maximum Gasteiger partial charge on any atom is 0.261 e. The third-order valence-electron chi connectivity index (χ3n) is 4.52. The number of aryl methyl sites for hydroxylation is 3. The summed E-state index contributed by atoms with van der Waals surface area (Å²) >= 11 is 0. The quantitative estimate of drug-likeness (QED) is 0.632. The van der Waals surface area contributed by atoms with Crippen LogP contribution in [0.3, 0.4) is 0 Å². The Balaban J connectivity index is 1.89. The van der Waals surface area contributed by atoms with Gasteiger partial charge in [0.15, 0.2) is 0 Å². The zero-order valence-electron chi connectivity index (χ0n) is 16.3. The maximum atomic E-state index is 13.5. The minimum Gasteiger partial charge on any atom is -0.322 e. The van der Waals surface area contributed by atoms with Crippen molar-refractivity contribution in [3.8, 4) is 0 Å². The zero-order valence-corrected chi connectivity index (χ0v) is 17.1. The highest BCUT2D eigenvalue weighted by atomic mass is 32.2. The second-order valence-corrected chi connectivity index (χ2v) is 8.54. The Morgan fingerprint density at radius 3 is 2.21 bits per heavy atom. The first kappa shape index (κ1) is 20.5. The lowest BCUT2D eigenvalue weighted by Gasteiger charge is -2.13. The normalized spacial score (nSPS) is 11.2. The number of nitrogens with one attached hydrogen (secondary N) is 2. The van der Waals surface area contributed by atoms with Gasteiger partial charge in [-0.15, -0.1) is 0 Å². The van der Waals surface area contributed by atoms with E-state index in [-0.39, 0.29) is 10.5 Å². The summed E-state index contributed by atoms with van der Waals surface area (Å²) in [5.41, 5.74) is 3.27. The zero-order chi connectivity index (χ0) is 21.2. The molecular weight excluding hydrogens is 391 g/mol. The molecule has 3 aromatic rings. The number of hydrogen-bond donors (Lipinski definition) is 2. The van der Waals surface area contributed by atoms with E-state index in [1.807, 2.05) is 6.92 Å². The highest BCUT2D eigenvalue weighted by Gasteiger charge is 2.19. The van der Waals surface area contributed by atoms with Crippen molar-refractivity contribution in [1.29, 1.82) is 0 Å². The van der Waals surface area contributed by atoms with Gasteiger partial charge in [-0.2, -0.15) is 0 Å². The van der Waals surface area contributed by atoms with Crippen molar-refractivity contribution in [2.75, 3.05) is 10.0 Å². The third kappa shape index (κ3) is 4.81. The first-order valence-electron chi connectivity index (χ1n) is 8.93. The summed E-state index contributed by atoms with van der Waals surface area (Å²) in [6, 6.07) is 15.3. The highest BCUT2D eigenvalue weighted by molar-refractivity contribution is 7.92. The Morgan fingerprint density at radius 1 is 0.862 bits per heavy atom. The average molecular weight is 412 g/mol. The van der Waals surface area contributed by atoms with Gasteiger partial charge in [0.2, 0.25) is 0 Å². The van der Waals surface area contributed by atoms with Gasteiger partial charge in [-0.3, -0.25) is 9.52 Å². The maximum absolute atomic E-state index is 13.5. The van der Waals surface area contributed by atoms with Crippen molar-refractivity contribution >= 4 is 27.3 Å². The van der Waals surface area contributed by atoms with Crippen molar-refractivity contribution in [2.24, 2.45) is 0 Å². The van der Waals surface area contributed by atoms with Gasteiger partial charge in [-0.1, -0.05) is 29.8 Å². The van der Waals surface area contributed by atoms with Gasteiger partial charge >= 0.3 is 0 Å². The first-order valence-corrected chi connectivity index (χ1v) is 10.4. The first-order chi connectivity index (χ1) is 13.7. The molecule has 0 saturated carbocycles. The lowest BCUT2D eigenvalue weighted by molar-refractivity contribution is 0.102. The number of carbonyl (C=O) groups excluding carboxylic acids is 1. The molecule has 1 amide bonds. The predicted octanol–water partition coefficient (Wildman–Crippen LogP) is 4.80. The second-order valence-electron chi connectivity index (χ2n) is 6.86. The fourth-order valence-corrected chi connectivity index (χ4v) is 3.85. The molecule has 0 aliphatic rings. The van der Waals surface area contributed by atoms with Crippen molar-refractivity contribution in [3.05, 3.63) is 88.7 Å². The highest BCUT2D eigenvalue weighted by Crippen LogP contribution is 2.22. The summed E-state index contributed by atoms with van der Waals surface area (Å²) in [7, 11) is -3.88. The molecule has 29 heavy (non-hydrogen) atoms. The molecule has 0 heterocycles. The standard InChI is InChI=1S/C22H21FN2O3S/c1-14-4-9-18(10-5-14)25-29(27,28)19-11-7-15(2)20(13-19)22(26)24-21-12-17(23)8-6-16(21)3/h4-13,25H,1-3H3,(H,24,26). The van der Waals surface area contributed by atoms with Crippen LogP contribution in [0.15, 0.2) is 65.6 Å². The van der Waals surface area contributed by atoms with Crippen LogP contribution in [-0.2, 0) is 10.0 Å². The number of anilines is 2. The van der Waals surface area contributed by atoms with Gasteiger partial charge < -0.3 is 5.32 Å². The summed E-state index contributed by atoms with van der Waals surface area (Å²) in [5.74, 6) is -0.982. The molecule has 3 aromatic carbocycles. The molecule has 2 N–H and O–H groups in total. The molecular formula is C22H21FN2O3S. The average Bonchev–Trinajstić information content (AvgIpc) is 2.66. The Bertz CT molecular complexity index is 1170. The number of rotatable bonds is 5. The van der Waals surface area contributed by atoms with Crippen molar-refractivity contribution in [1.82, 2.24) is 0 Å². The van der Waals surface area contributed by atoms with Crippen LogP contribution in [0.5, 0.6) is 0 Å². The molecule has 0 atom stereocenters. The molecule has 0 fully saturated rings. The van der Waals surface area contributed by atoms with E-state index in [4.69, 9.17) is 0 Å². The van der Waals surface area contributed by atoms with Crippen molar-refractivity contribution in [3.63, 3.8) is 0 Å². The topological polar surface area (TPSA) is 75.3 Å². The van der Waals surface area contributed by atoms with Crippen LogP contribution in [0.25, 0.3) is 0 Å². The minimum absolute atomic E-state index is 0.0372. The lowest BCUT2D eigenvalue weighted by atomic mass is 10.1. The van der Waals surface area contributed by atoms with Crippen LogP contribution >= 0.6 is 0 Å². The van der Waals surface area contributed by atoms with Gasteiger partial charge in [-0.25, -0.2) is 12.8 Å². The summed E-state index contributed by atoms with van der Waals surface area (Å²) in [5, 5.41) is 2.65. The van der Waals surface area contributed by atoms with Crippen LogP contribution < -0.4 is 10.0 Å². The molecule has 150 valence electrons. The summed E-state index contributed by atoms with van der Waals surface area (Å²) in [6.45, 7) is 5.36. The Labute approximate surface area is 169 Å². The van der Waals surface area contributed by atoms with Gasteiger partial charge in [0.05, 0.1) is 4.90 Å². The number of sulfonamides is 1.